The zero-order valence-corrected chi connectivity index (χ0v) is 10.6. The lowest BCUT2D eigenvalue weighted by molar-refractivity contribution is -0.159. The fourth-order valence-electron chi connectivity index (χ4n) is 2.55. The fraction of sp³-hybridized carbons (Fsp3) is 0.538. The van der Waals surface area contributed by atoms with Gasteiger partial charge in [0.2, 0.25) is 11.8 Å². The zero-order chi connectivity index (χ0) is 12.8. The second-order valence-corrected chi connectivity index (χ2v) is 5.10. The first-order valence-corrected chi connectivity index (χ1v) is 5.87. The molecule has 0 radical (unpaired) electrons. The van der Waals surface area contributed by atoms with Crippen LogP contribution in [0.3, 0.4) is 0 Å². The Morgan fingerprint density at radius 2 is 1.94 bits per heavy atom. The van der Waals surface area contributed by atoms with E-state index in [1.807, 2.05) is 0 Å². The van der Waals surface area contributed by atoms with Crippen molar-refractivity contribution >= 4 is 11.8 Å². The summed E-state index contributed by atoms with van der Waals surface area (Å²) in [6.45, 7) is 7.82. The predicted molar refractivity (Wildman–Crippen MR) is 64.7 cm³/mol. The van der Waals surface area contributed by atoms with Gasteiger partial charge in [-0.05, 0) is 32.3 Å². The van der Waals surface area contributed by atoms with Crippen molar-refractivity contribution in [2.45, 2.75) is 26.7 Å². The number of fused-ring (bicyclic) bond motifs is 1. The van der Waals surface area contributed by atoms with Crippen LogP contribution in [0.4, 0.5) is 0 Å². The molecule has 0 aromatic rings. The maximum absolute atomic E-state index is 12.3. The molecular weight excluding hydrogens is 216 g/mol. The highest BCUT2D eigenvalue weighted by Gasteiger charge is 2.49. The molecule has 2 aliphatic heterocycles. The van der Waals surface area contributed by atoms with Gasteiger partial charge in [-0.3, -0.25) is 14.5 Å². The molecular formula is C13H18N2O2. The molecule has 0 saturated carbocycles. The van der Waals surface area contributed by atoms with Crippen LogP contribution in [0, 0.1) is 5.41 Å². The van der Waals surface area contributed by atoms with Crippen molar-refractivity contribution in [3.63, 3.8) is 0 Å². The van der Waals surface area contributed by atoms with Crippen LogP contribution in [0.1, 0.15) is 26.7 Å². The Morgan fingerprint density at radius 1 is 1.29 bits per heavy atom. The van der Waals surface area contributed by atoms with Crippen molar-refractivity contribution < 1.29 is 9.59 Å². The Hall–Kier alpha value is -1.58. The SMILES string of the molecule is C=CC1=C2N(C)C(=O)C(C)(C)C(=O)N2CCC1. The van der Waals surface area contributed by atoms with Crippen LogP contribution in [0.5, 0.6) is 0 Å². The van der Waals surface area contributed by atoms with Crippen LogP contribution in [0.15, 0.2) is 24.0 Å². The molecule has 1 fully saturated rings. The summed E-state index contributed by atoms with van der Waals surface area (Å²) in [6, 6.07) is 0. The summed E-state index contributed by atoms with van der Waals surface area (Å²) in [7, 11) is 1.73. The van der Waals surface area contributed by atoms with E-state index in [-0.39, 0.29) is 11.8 Å². The van der Waals surface area contributed by atoms with Gasteiger partial charge in [0.25, 0.3) is 0 Å². The summed E-state index contributed by atoms with van der Waals surface area (Å²) in [6.07, 6.45) is 3.55. The van der Waals surface area contributed by atoms with Gasteiger partial charge < -0.3 is 4.90 Å². The van der Waals surface area contributed by atoms with E-state index in [1.165, 1.54) is 0 Å². The molecule has 2 aliphatic rings. The number of hydrogen-bond acceptors (Lipinski definition) is 2. The molecule has 2 heterocycles. The van der Waals surface area contributed by atoms with Crippen LogP contribution in [0.25, 0.3) is 0 Å². The van der Waals surface area contributed by atoms with E-state index >= 15 is 0 Å². The number of rotatable bonds is 1. The van der Waals surface area contributed by atoms with Crippen molar-refractivity contribution in [1.82, 2.24) is 9.80 Å². The summed E-state index contributed by atoms with van der Waals surface area (Å²) in [5.41, 5.74) is 0.0259. The van der Waals surface area contributed by atoms with Crippen molar-refractivity contribution in [2.75, 3.05) is 13.6 Å². The Balaban J connectivity index is 2.56. The minimum Gasteiger partial charge on any atom is -0.300 e. The maximum Gasteiger partial charge on any atom is 0.243 e. The van der Waals surface area contributed by atoms with E-state index in [4.69, 9.17) is 0 Å². The van der Waals surface area contributed by atoms with Crippen LogP contribution < -0.4 is 0 Å². The Morgan fingerprint density at radius 3 is 2.53 bits per heavy atom. The van der Waals surface area contributed by atoms with Gasteiger partial charge in [0.15, 0.2) is 0 Å². The normalized spacial score (nSPS) is 23.9. The minimum absolute atomic E-state index is 0.102. The van der Waals surface area contributed by atoms with E-state index < -0.39 is 5.41 Å². The van der Waals surface area contributed by atoms with Crippen LogP contribution in [-0.4, -0.2) is 35.2 Å². The molecule has 0 unspecified atom stereocenters. The third-order valence-electron chi connectivity index (χ3n) is 3.55. The Labute approximate surface area is 102 Å². The summed E-state index contributed by atoms with van der Waals surface area (Å²) in [5, 5.41) is 0. The van der Waals surface area contributed by atoms with Gasteiger partial charge in [-0.15, -0.1) is 0 Å². The molecule has 4 nitrogen and oxygen atoms in total. The molecule has 2 rings (SSSR count). The molecule has 2 amide bonds. The molecule has 17 heavy (non-hydrogen) atoms. The largest absolute Gasteiger partial charge is 0.300 e. The van der Waals surface area contributed by atoms with E-state index in [9.17, 15) is 9.59 Å². The number of carbonyl (C=O) groups is 2. The Bertz CT molecular complexity index is 435. The first-order valence-electron chi connectivity index (χ1n) is 5.87. The number of hydrogen-bond donors (Lipinski definition) is 0. The van der Waals surface area contributed by atoms with Crippen molar-refractivity contribution in [2.24, 2.45) is 5.41 Å². The molecule has 1 saturated heterocycles. The number of carbonyl (C=O) groups excluding carboxylic acids is 2. The van der Waals surface area contributed by atoms with E-state index in [1.54, 1.807) is 36.8 Å². The third-order valence-corrected chi connectivity index (χ3v) is 3.55. The number of nitrogens with zero attached hydrogens (tertiary/aromatic N) is 2. The lowest BCUT2D eigenvalue weighted by Gasteiger charge is -2.45. The highest BCUT2D eigenvalue weighted by Crippen LogP contribution is 2.36. The first-order chi connectivity index (χ1) is 7.91. The van der Waals surface area contributed by atoms with Gasteiger partial charge in [-0.25, -0.2) is 0 Å². The average molecular weight is 234 g/mol. The Kier molecular flexibility index (Phi) is 2.60. The fourth-order valence-corrected chi connectivity index (χ4v) is 2.55. The first kappa shape index (κ1) is 11.9. The molecule has 0 bridgehead atoms. The molecule has 0 aliphatic carbocycles. The second kappa shape index (κ2) is 3.72. The van der Waals surface area contributed by atoms with Crippen LogP contribution >= 0.6 is 0 Å². The van der Waals surface area contributed by atoms with Gasteiger partial charge in [0, 0.05) is 13.6 Å². The van der Waals surface area contributed by atoms with Gasteiger partial charge >= 0.3 is 0 Å². The van der Waals surface area contributed by atoms with Crippen molar-refractivity contribution in [1.29, 1.82) is 0 Å². The lowest BCUT2D eigenvalue weighted by atomic mass is 9.86. The van der Waals surface area contributed by atoms with Crippen molar-refractivity contribution in [3.05, 3.63) is 24.0 Å². The van der Waals surface area contributed by atoms with Crippen molar-refractivity contribution in [3.8, 4) is 0 Å². The highest BCUT2D eigenvalue weighted by molar-refractivity contribution is 6.07. The van der Waals surface area contributed by atoms with Gasteiger partial charge in [-0.2, -0.15) is 0 Å². The standard InChI is InChI=1S/C13H18N2O2/c1-5-9-7-6-8-15-10(9)14(4)11(16)13(2,3)12(15)17/h5H,1,6-8H2,2-4H3. The third kappa shape index (κ3) is 1.51. The zero-order valence-electron chi connectivity index (χ0n) is 10.6. The molecule has 0 spiro atoms. The highest BCUT2D eigenvalue weighted by atomic mass is 16.2. The quantitative estimate of drug-likeness (QED) is 0.645. The molecule has 0 atom stereocenters. The average Bonchev–Trinajstić information content (AvgIpc) is 2.33. The van der Waals surface area contributed by atoms with Gasteiger partial charge in [0.05, 0.1) is 0 Å². The topological polar surface area (TPSA) is 40.6 Å². The monoisotopic (exact) mass is 234 g/mol. The number of amides is 2. The summed E-state index contributed by atoms with van der Waals surface area (Å²) >= 11 is 0. The van der Waals surface area contributed by atoms with E-state index in [0.717, 1.165) is 24.2 Å². The predicted octanol–water partition coefficient (Wildman–Crippen LogP) is 1.50. The molecule has 0 aromatic heterocycles. The van der Waals surface area contributed by atoms with E-state index in [2.05, 4.69) is 6.58 Å². The van der Waals surface area contributed by atoms with Gasteiger partial charge in [-0.1, -0.05) is 12.7 Å². The van der Waals surface area contributed by atoms with Crippen LogP contribution in [-0.2, 0) is 9.59 Å². The minimum atomic E-state index is -0.956. The smallest absolute Gasteiger partial charge is 0.243 e. The molecule has 0 aromatic carbocycles. The maximum atomic E-state index is 12.3. The summed E-state index contributed by atoms with van der Waals surface area (Å²) in [4.78, 5) is 27.8. The van der Waals surface area contributed by atoms with Gasteiger partial charge in [0.1, 0.15) is 11.2 Å². The summed E-state index contributed by atoms with van der Waals surface area (Å²) in [5.74, 6) is 0.477. The summed E-state index contributed by atoms with van der Waals surface area (Å²) < 4.78 is 0. The lowest BCUT2D eigenvalue weighted by Crippen LogP contribution is -2.59. The number of allylic oxidation sites excluding steroid dienone is 2. The van der Waals surface area contributed by atoms with Crippen LogP contribution in [0.2, 0.25) is 0 Å². The molecule has 0 N–H and O–H groups in total. The van der Waals surface area contributed by atoms with E-state index in [0.29, 0.717) is 6.54 Å². The second-order valence-electron chi connectivity index (χ2n) is 5.10. The molecule has 4 heteroatoms. The molecule has 92 valence electrons.